The van der Waals surface area contributed by atoms with Crippen LogP contribution in [0.15, 0.2) is 24.3 Å². The highest BCUT2D eigenvalue weighted by molar-refractivity contribution is 5.98. The van der Waals surface area contributed by atoms with E-state index in [9.17, 15) is 38.1 Å². The molecule has 1 aliphatic heterocycles. The summed E-state index contributed by atoms with van der Waals surface area (Å²) in [5.41, 5.74) is -2.41. The van der Waals surface area contributed by atoms with Crippen molar-refractivity contribution in [2.75, 3.05) is 7.11 Å². The predicted octanol–water partition coefficient (Wildman–Crippen LogP) is 2.62. The predicted molar refractivity (Wildman–Crippen MR) is 99.0 cm³/mol. The van der Waals surface area contributed by atoms with Crippen molar-refractivity contribution in [3.63, 3.8) is 0 Å². The number of halogens is 3. The second kappa shape index (κ2) is 9.31. The molecule has 30 heavy (non-hydrogen) atoms. The molecule has 1 aromatic carbocycles. The number of rotatable bonds is 1. The number of methoxy groups -OCH3 is 1. The van der Waals surface area contributed by atoms with Crippen molar-refractivity contribution < 1.29 is 47.6 Å². The second-order valence-corrected chi connectivity index (χ2v) is 6.67. The Morgan fingerprint density at radius 1 is 1.13 bits per heavy atom. The van der Waals surface area contributed by atoms with E-state index in [1.54, 1.807) is 0 Å². The number of ketones is 1. The molecule has 0 aromatic heterocycles. The molecule has 0 aliphatic carbocycles. The summed E-state index contributed by atoms with van der Waals surface area (Å²) in [7, 11) is 0.974. The first-order valence-electron chi connectivity index (χ1n) is 8.92. The monoisotopic (exact) mass is 430 g/mol. The SMILES string of the molecule is COc1cc2c(c(O)c1C(F)(F)F)C(=O)O[C@@H](C)C/C=C\C(=O)[C@@H](O)[C@@H](O)C/C=C/2. The summed E-state index contributed by atoms with van der Waals surface area (Å²) in [6, 6.07) is 0.903. The van der Waals surface area contributed by atoms with Crippen molar-refractivity contribution in [2.45, 2.75) is 44.3 Å². The van der Waals surface area contributed by atoms with Gasteiger partial charge in [-0.15, -0.1) is 0 Å². The van der Waals surface area contributed by atoms with E-state index >= 15 is 0 Å². The van der Waals surface area contributed by atoms with Crippen LogP contribution in [0.3, 0.4) is 0 Å². The van der Waals surface area contributed by atoms with Gasteiger partial charge in [0.05, 0.1) is 13.2 Å². The maximum Gasteiger partial charge on any atom is 0.423 e. The number of cyclic esters (lactones) is 1. The van der Waals surface area contributed by atoms with Crippen LogP contribution in [0.2, 0.25) is 0 Å². The van der Waals surface area contributed by atoms with Crippen LogP contribution in [0.25, 0.3) is 6.08 Å². The zero-order valence-electron chi connectivity index (χ0n) is 16.1. The number of fused-ring (bicyclic) bond motifs is 1. The van der Waals surface area contributed by atoms with Gasteiger partial charge in [-0.2, -0.15) is 13.2 Å². The van der Waals surface area contributed by atoms with Crippen molar-refractivity contribution in [3.8, 4) is 11.5 Å². The van der Waals surface area contributed by atoms with E-state index in [0.717, 1.165) is 25.3 Å². The Labute approximate surface area is 170 Å². The van der Waals surface area contributed by atoms with E-state index in [4.69, 9.17) is 9.47 Å². The topological polar surface area (TPSA) is 113 Å². The molecular weight excluding hydrogens is 409 g/mol. The second-order valence-electron chi connectivity index (χ2n) is 6.67. The van der Waals surface area contributed by atoms with Crippen molar-refractivity contribution in [1.29, 1.82) is 0 Å². The molecule has 2 rings (SSSR count). The smallest absolute Gasteiger partial charge is 0.423 e. The van der Waals surface area contributed by atoms with Crippen LogP contribution in [0.4, 0.5) is 13.2 Å². The normalized spacial score (nSPS) is 25.6. The number of phenols is 1. The summed E-state index contributed by atoms with van der Waals surface area (Å²) in [4.78, 5) is 24.4. The minimum atomic E-state index is -5.01. The summed E-state index contributed by atoms with van der Waals surface area (Å²) >= 11 is 0. The van der Waals surface area contributed by atoms with Gasteiger partial charge in [-0.05, 0) is 31.1 Å². The summed E-state index contributed by atoms with van der Waals surface area (Å²) in [6.07, 6.45) is -4.60. The van der Waals surface area contributed by atoms with Crippen LogP contribution < -0.4 is 4.74 Å². The van der Waals surface area contributed by atoms with Crippen molar-refractivity contribution >= 4 is 17.8 Å². The first-order chi connectivity index (χ1) is 14.0. The number of hydrogen-bond donors (Lipinski definition) is 3. The Balaban J connectivity index is 2.64. The fourth-order valence-corrected chi connectivity index (χ4v) is 2.86. The van der Waals surface area contributed by atoms with Gasteiger partial charge >= 0.3 is 12.1 Å². The zero-order valence-corrected chi connectivity index (χ0v) is 16.1. The van der Waals surface area contributed by atoms with E-state index < -0.39 is 58.9 Å². The van der Waals surface area contributed by atoms with Gasteiger partial charge in [0.1, 0.15) is 34.8 Å². The molecule has 3 atom stereocenters. The average Bonchev–Trinajstić information content (AvgIpc) is 2.64. The number of ether oxygens (including phenoxy) is 2. The van der Waals surface area contributed by atoms with E-state index in [0.29, 0.717) is 0 Å². The van der Waals surface area contributed by atoms with E-state index in [2.05, 4.69) is 0 Å². The van der Waals surface area contributed by atoms with Crippen molar-refractivity contribution in [1.82, 2.24) is 0 Å². The molecule has 0 spiro atoms. The Morgan fingerprint density at radius 3 is 2.37 bits per heavy atom. The zero-order chi connectivity index (χ0) is 22.6. The molecular formula is C20H21F3O7. The van der Waals surface area contributed by atoms with E-state index in [1.165, 1.54) is 19.1 Å². The summed E-state index contributed by atoms with van der Waals surface area (Å²) in [6.45, 7) is 1.44. The number of carbonyl (C=O) groups excluding carboxylic acids is 2. The van der Waals surface area contributed by atoms with Crippen LogP contribution >= 0.6 is 0 Å². The maximum atomic E-state index is 13.4. The number of aliphatic hydroxyl groups is 2. The minimum Gasteiger partial charge on any atom is -0.506 e. The molecule has 0 amide bonds. The van der Waals surface area contributed by atoms with E-state index in [-0.39, 0.29) is 18.4 Å². The average molecular weight is 430 g/mol. The van der Waals surface area contributed by atoms with Gasteiger partial charge in [0, 0.05) is 6.42 Å². The number of carbonyl (C=O) groups is 2. The highest BCUT2D eigenvalue weighted by Gasteiger charge is 2.41. The minimum absolute atomic E-state index is 0.00844. The van der Waals surface area contributed by atoms with Crippen molar-refractivity contribution in [3.05, 3.63) is 41.0 Å². The molecule has 0 radical (unpaired) electrons. The molecule has 0 unspecified atom stereocenters. The first kappa shape index (κ1) is 23.4. The first-order valence-corrected chi connectivity index (χ1v) is 8.92. The molecule has 1 heterocycles. The van der Waals surface area contributed by atoms with Gasteiger partial charge in [0.25, 0.3) is 0 Å². The van der Waals surface area contributed by atoms with Crippen LogP contribution in [-0.2, 0) is 15.7 Å². The van der Waals surface area contributed by atoms with Gasteiger partial charge in [0.2, 0.25) is 0 Å². The number of hydrogen-bond acceptors (Lipinski definition) is 7. The lowest BCUT2D eigenvalue weighted by Crippen LogP contribution is -2.32. The largest absolute Gasteiger partial charge is 0.506 e. The Morgan fingerprint density at radius 2 is 1.77 bits per heavy atom. The van der Waals surface area contributed by atoms with Crippen LogP contribution in [-0.4, -0.2) is 52.5 Å². The molecule has 0 bridgehead atoms. The quantitative estimate of drug-likeness (QED) is 0.587. The number of aromatic hydroxyl groups is 1. The number of aliphatic hydroxyl groups excluding tert-OH is 2. The lowest BCUT2D eigenvalue weighted by Gasteiger charge is -2.20. The highest BCUT2D eigenvalue weighted by atomic mass is 19.4. The van der Waals surface area contributed by atoms with Crippen LogP contribution in [0, 0.1) is 0 Å². The fourth-order valence-electron chi connectivity index (χ4n) is 2.86. The number of alkyl halides is 3. The molecule has 7 nitrogen and oxygen atoms in total. The standard InChI is InChI=1S/C20H21F3O7/c1-10-5-3-7-12(24)17(26)13(25)8-4-6-11-9-14(29-2)16(20(21,22)23)18(27)15(11)19(28)30-10/h3-4,6-7,9-10,13,17,25-27H,5,8H2,1-2H3/b6-4+,7-3-/t10-,13-,17+/m0/s1. The van der Waals surface area contributed by atoms with Gasteiger partial charge in [0.15, 0.2) is 5.78 Å². The van der Waals surface area contributed by atoms with Gasteiger partial charge in [-0.25, -0.2) is 4.79 Å². The fraction of sp³-hybridized carbons (Fsp3) is 0.400. The number of phenolic OH excluding ortho intramolecular Hbond substituents is 1. The highest BCUT2D eigenvalue weighted by Crippen LogP contribution is 2.45. The molecule has 164 valence electrons. The van der Waals surface area contributed by atoms with Gasteiger partial charge in [-0.1, -0.05) is 18.2 Å². The lowest BCUT2D eigenvalue weighted by molar-refractivity contribution is -0.140. The molecule has 0 saturated heterocycles. The molecule has 0 saturated carbocycles. The third-order valence-electron chi connectivity index (χ3n) is 4.39. The third-order valence-corrected chi connectivity index (χ3v) is 4.39. The van der Waals surface area contributed by atoms with Crippen LogP contribution in [0.5, 0.6) is 11.5 Å². The van der Waals surface area contributed by atoms with Crippen LogP contribution in [0.1, 0.15) is 41.3 Å². The summed E-state index contributed by atoms with van der Waals surface area (Å²) in [5.74, 6) is -4.02. The molecule has 1 aliphatic rings. The maximum absolute atomic E-state index is 13.4. The van der Waals surface area contributed by atoms with Crippen molar-refractivity contribution in [2.24, 2.45) is 0 Å². The molecule has 0 fully saturated rings. The Kier molecular flexibility index (Phi) is 7.27. The number of esters is 1. The molecule has 3 N–H and O–H groups in total. The molecule has 1 aromatic rings. The number of benzene rings is 1. The summed E-state index contributed by atoms with van der Waals surface area (Å²) in [5, 5.41) is 30.1. The van der Waals surface area contributed by atoms with Gasteiger partial charge < -0.3 is 24.8 Å². The lowest BCUT2D eigenvalue weighted by atomic mass is 9.98. The summed E-state index contributed by atoms with van der Waals surface area (Å²) < 4.78 is 50.1. The Hall–Kier alpha value is -2.85. The van der Waals surface area contributed by atoms with E-state index in [1.807, 2.05) is 0 Å². The van der Waals surface area contributed by atoms with Gasteiger partial charge in [-0.3, -0.25) is 4.79 Å². The Bertz CT molecular complexity index is 874. The third kappa shape index (κ3) is 5.19. The molecule has 10 heteroatoms.